The minimum Gasteiger partial charge on any atom is -0.480 e. The number of aryl methyl sites for hydroxylation is 1. The maximum Gasteiger partial charge on any atom is 0.322 e. The number of carbonyl (C=O) groups excluding carboxylic acids is 2. The molecule has 0 aromatic carbocycles. The first kappa shape index (κ1) is 32.7. The van der Waals surface area contributed by atoms with Crippen molar-refractivity contribution in [2.45, 2.75) is 56.0 Å². The van der Waals surface area contributed by atoms with Gasteiger partial charge in [-0.2, -0.15) is 11.8 Å². The van der Waals surface area contributed by atoms with Gasteiger partial charge in [0.1, 0.15) is 36.9 Å². The summed E-state index contributed by atoms with van der Waals surface area (Å²) in [5, 5.41) is 52.4. The number of nitrogens with zero attached hydrogens (tertiary/aromatic N) is 3. The number of imidazole rings is 1. The summed E-state index contributed by atoms with van der Waals surface area (Å²) < 4.78 is 8.35. The van der Waals surface area contributed by atoms with Gasteiger partial charge in [-0.3, -0.25) is 33.5 Å². The highest BCUT2D eigenvalue weighted by atomic mass is 32.2. The molecule has 12 N–H and O–H groups in total. The van der Waals surface area contributed by atoms with E-state index in [2.05, 4.69) is 20.6 Å². The number of nitrogens with two attached hydrogens (primary N) is 2. The molecule has 1 saturated heterocycles. The molecule has 0 aliphatic carbocycles. The van der Waals surface area contributed by atoms with E-state index in [1.807, 2.05) is 0 Å². The second-order valence-corrected chi connectivity index (χ2v) is 10.5. The van der Waals surface area contributed by atoms with Crippen LogP contribution in [-0.2, 0) is 30.5 Å². The Labute approximate surface area is 240 Å². The summed E-state index contributed by atoms with van der Waals surface area (Å²) in [6.07, 6.45) is -4.18. The SMILES string of the molecule is Nc1nc2c(c(=O)[nH]1)n(CCSC[C@H](NC(=O)CC[C@H](N)C(=O)O)C(=O)NCC(=O)O)c[n+]2[C@@H]1O[C@H](CO)[C@@H](O)[C@H]1O. The summed E-state index contributed by atoms with van der Waals surface area (Å²) in [6, 6.07) is -2.44. The molecule has 2 amide bonds. The number of carboxylic acids is 2. The number of fused-ring (bicyclic) bond motifs is 1. The second-order valence-electron chi connectivity index (χ2n) is 9.36. The molecule has 1 aliphatic heterocycles. The fourth-order valence-electron chi connectivity index (χ4n) is 4.15. The molecule has 0 saturated carbocycles. The predicted molar refractivity (Wildman–Crippen MR) is 143 cm³/mol. The maximum atomic E-state index is 12.7. The van der Waals surface area contributed by atoms with Crippen LogP contribution in [0.5, 0.6) is 0 Å². The van der Waals surface area contributed by atoms with Gasteiger partial charge in [-0.15, -0.1) is 0 Å². The van der Waals surface area contributed by atoms with E-state index in [9.17, 15) is 39.3 Å². The van der Waals surface area contributed by atoms with Gasteiger partial charge in [0.2, 0.25) is 23.6 Å². The number of carbonyl (C=O) groups is 4. The Morgan fingerprint density at radius 3 is 2.57 bits per heavy atom. The third kappa shape index (κ3) is 7.92. The number of H-pyrrole nitrogens is 1. The fraction of sp³-hybridized carbons (Fsp3) is 0.591. The summed E-state index contributed by atoms with van der Waals surface area (Å²) >= 11 is 1.17. The van der Waals surface area contributed by atoms with Crippen molar-refractivity contribution in [3.8, 4) is 0 Å². The molecular weight excluding hydrogens is 584 g/mol. The van der Waals surface area contributed by atoms with Crippen LogP contribution in [0.4, 0.5) is 5.95 Å². The van der Waals surface area contributed by atoms with Crippen molar-refractivity contribution >= 4 is 52.6 Å². The lowest BCUT2D eigenvalue weighted by Gasteiger charge is -2.18. The molecule has 6 atom stereocenters. The highest BCUT2D eigenvalue weighted by Gasteiger charge is 2.46. The van der Waals surface area contributed by atoms with Gasteiger partial charge < -0.3 is 52.4 Å². The fourth-order valence-corrected chi connectivity index (χ4v) is 5.11. The van der Waals surface area contributed by atoms with Crippen molar-refractivity contribution in [3.63, 3.8) is 0 Å². The maximum absolute atomic E-state index is 12.7. The monoisotopic (exact) mass is 617 g/mol. The molecule has 232 valence electrons. The van der Waals surface area contributed by atoms with Gasteiger partial charge in [-0.05, 0) is 6.42 Å². The highest BCUT2D eigenvalue weighted by molar-refractivity contribution is 7.99. The largest absolute Gasteiger partial charge is 0.480 e. The molecule has 0 spiro atoms. The highest BCUT2D eigenvalue weighted by Crippen LogP contribution is 2.26. The molecule has 0 radical (unpaired) electrons. The molecule has 20 heteroatoms. The van der Waals surface area contributed by atoms with Gasteiger partial charge in [0.25, 0.3) is 11.5 Å². The number of thioether (sulfide) groups is 1. The summed E-state index contributed by atoms with van der Waals surface area (Å²) in [5.74, 6) is -3.99. The molecule has 1 fully saturated rings. The Kier molecular flexibility index (Phi) is 11.2. The van der Waals surface area contributed by atoms with Gasteiger partial charge in [-0.25, -0.2) is 4.57 Å². The zero-order valence-corrected chi connectivity index (χ0v) is 22.9. The van der Waals surface area contributed by atoms with Crippen molar-refractivity contribution in [3.05, 3.63) is 16.7 Å². The first-order valence-corrected chi connectivity index (χ1v) is 13.8. The first-order chi connectivity index (χ1) is 19.8. The number of ether oxygens (including phenoxy) is 1. The smallest absolute Gasteiger partial charge is 0.322 e. The van der Waals surface area contributed by atoms with E-state index in [1.54, 1.807) is 0 Å². The average molecular weight is 618 g/mol. The molecule has 2 aromatic heterocycles. The van der Waals surface area contributed by atoms with Gasteiger partial charge in [0.05, 0.1) is 13.2 Å². The van der Waals surface area contributed by atoms with Crippen LogP contribution in [0.15, 0.2) is 11.1 Å². The van der Waals surface area contributed by atoms with Crippen molar-refractivity contribution in [2.75, 3.05) is 30.4 Å². The van der Waals surface area contributed by atoms with E-state index < -0.39 is 79.1 Å². The Hall–Kier alpha value is -3.82. The molecule has 0 bridgehead atoms. The summed E-state index contributed by atoms with van der Waals surface area (Å²) in [4.78, 5) is 65.8. The van der Waals surface area contributed by atoms with Crippen LogP contribution in [-0.4, -0.2) is 119 Å². The number of hydrogen-bond acceptors (Lipinski definition) is 13. The van der Waals surface area contributed by atoms with E-state index in [4.69, 9.17) is 26.4 Å². The number of aromatic nitrogens is 4. The van der Waals surface area contributed by atoms with Crippen LogP contribution in [0.25, 0.3) is 11.2 Å². The second kappa shape index (κ2) is 14.4. The van der Waals surface area contributed by atoms with Crippen molar-refractivity contribution in [2.24, 2.45) is 5.73 Å². The van der Waals surface area contributed by atoms with E-state index in [1.165, 1.54) is 27.2 Å². The average Bonchev–Trinajstić information content (AvgIpc) is 3.43. The van der Waals surface area contributed by atoms with Crippen LogP contribution in [0, 0.1) is 0 Å². The number of aliphatic hydroxyl groups is 3. The Morgan fingerprint density at radius 2 is 1.95 bits per heavy atom. The van der Waals surface area contributed by atoms with Crippen LogP contribution in [0.3, 0.4) is 0 Å². The number of nitrogens with one attached hydrogen (secondary N) is 3. The number of aromatic amines is 1. The molecule has 1 aliphatic rings. The molecular formula is C22H33N8O11S+. The third-order valence-corrected chi connectivity index (χ3v) is 7.35. The predicted octanol–water partition coefficient (Wildman–Crippen LogP) is -5.18. The van der Waals surface area contributed by atoms with E-state index in [0.29, 0.717) is 0 Å². The number of rotatable bonds is 15. The van der Waals surface area contributed by atoms with Gasteiger partial charge in [-0.1, -0.05) is 4.98 Å². The van der Waals surface area contributed by atoms with Crippen molar-refractivity contribution in [1.82, 2.24) is 25.2 Å². The molecule has 42 heavy (non-hydrogen) atoms. The van der Waals surface area contributed by atoms with Crippen LogP contribution < -0.4 is 32.2 Å². The van der Waals surface area contributed by atoms with Crippen LogP contribution in [0.1, 0.15) is 19.1 Å². The molecule has 3 rings (SSSR count). The normalized spacial score (nSPS) is 21.6. The van der Waals surface area contributed by atoms with E-state index in [0.717, 1.165) is 0 Å². The lowest BCUT2D eigenvalue weighted by Crippen LogP contribution is -2.49. The van der Waals surface area contributed by atoms with Crippen LogP contribution >= 0.6 is 11.8 Å². The lowest BCUT2D eigenvalue weighted by atomic mass is 10.1. The number of aliphatic hydroxyl groups excluding tert-OH is 3. The van der Waals surface area contributed by atoms with Gasteiger partial charge in [0, 0.05) is 17.9 Å². The standard InChI is InChI=1S/C22H32N8O11S/c23-9(21(39)40)1-2-12(32)26-10(18(37)25-5-13(33)34)7-42-4-3-29-8-30(17-14(29)19(38)28-22(24)27-17)20-16(36)15(35)11(6-31)41-20/h8-11,15-16,20,31,35-36H,1-7,23H2,(H6-,24,25,26,27,28,32,33,34,37,38,39,40)/p+1/t9-,10-,11+,15+,16+,20+/m0/s1. The minimum atomic E-state index is -1.46. The Balaban J connectivity index is 1.72. The number of hydrogen-bond donors (Lipinski definition) is 10. The molecule has 3 heterocycles. The summed E-state index contributed by atoms with van der Waals surface area (Å²) in [7, 11) is 0. The number of aliphatic carboxylic acids is 2. The number of amides is 2. The van der Waals surface area contributed by atoms with E-state index in [-0.39, 0.29) is 48.0 Å². The molecule has 19 nitrogen and oxygen atoms in total. The molecule has 0 unspecified atom stereocenters. The van der Waals surface area contributed by atoms with Gasteiger partial charge in [0.15, 0.2) is 6.33 Å². The van der Waals surface area contributed by atoms with Gasteiger partial charge >= 0.3 is 17.6 Å². The molecule has 2 aromatic rings. The quantitative estimate of drug-likeness (QED) is 0.0659. The Morgan fingerprint density at radius 1 is 1.24 bits per heavy atom. The number of nitrogen functional groups attached to an aromatic ring is 1. The minimum absolute atomic E-state index is 0.0161. The third-order valence-electron chi connectivity index (χ3n) is 6.31. The Bertz CT molecular complexity index is 1370. The number of anilines is 1. The zero-order chi connectivity index (χ0) is 31.1. The lowest BCUT2D eigenvalue weighted by molar-refractivity contribution is -0.746. The topological polar surface area (TPSA) is 309 Å². The zero-order valence-electron chi connectivity index (χ0n) is 22.1. The summed E-state index contributed by atoms with van der Waals surface area (Å²) in [5.41, 5.74) is 10.6. The van der Waals surface area contributed by atoms with Crippen molar-refractivity contribution < 1.29 is 54.0 Å². The van der Waals surface area contributed by atoms with E-state index >= 15 is 0 Å². The summed E-state index contributed by atoms with van der Waals surface area (Å²) in [6.45, 7) is -1.11. The first-order valence-electron chi connectivity index (χ1n) is 12.6. The number of carboxylic acid groups (broad SMARTS) is 2. The van der Waals surface area contributed by atoms with Crippen LogP contribution in [0.2, 0.25) is 0 Å². The van der Waals surface area contributed by atoms with Crippen molar-refractivity contribution in [1.29, 1.82) is 0 Å².